The van der Waals surface area contributed by atoms with Crippen molar-refractivity contribution in [2.45, 2.75) is 94.9 Å². The van der Waals surface area contributed by atoms with Gasteiger partial charge in [0.1, 0.15) is 12.1 Å². The molecule has 2 heterocycles. The molecule has 1 saturated heterocycles. The molecule has 3 aliphatic rings. The first kappa shape index (κ1) is 33.1. The predicted octanol–water partition coefficient (Wildman–Crippen LogP) is 2.13. The van der Waals surface area contributed by atoms with Gasteiger partial charge in [-0.15, -0.1) is 0 Å². The molecule has 0 unspecified atom stereocenters. The number of ether oxygens (including phenoxy) is 1. The molecule has 11 heteroatoms. The number of carbonyl (C=O) groups is 3. The number of aromatic nitrogens is 2. The maximum atomic E-state index is 14.0. The summed E-state index contributed by atoms with van der Waals surface area (Å²) in [4.78, 5) is 50.1. The number of carbonyl (C=O) groups excluding carboxylic acids is 3. The summed E-state index contributed by atoms with van der Waals surface area (Å²) in [6.45, 7) is 1.91. The zero-order chi connectivity index (χ0) is 31.6. The minimum Gasteiger partial charge on any atom is -0.390 e. The molecular weight excluding hydrogens is 574 g/mol. The van der Waals surface area contributed by atoms with Crippen molar-refractivity contribution < 1.29 is 29.3 Å². The van der Waals surface area contributed by atoms with Crippen molar-refractivity contribution in [2.24, 2.45) is 17.8 Å². The van der Waals surface area contributed by atoms with E-state index in [2.05, 4.69) is 20.6 Å². The van der Waals surface area contributed by atoms with E-state index < -0.39 is 42.0 Å². The van der Waals surface area contributed by atoms with Crippen LogP contribution in [0.4, 0.5) is 0 Å². The van der Waals surface area contributed by atoms with E-state index in [0.717, 1.165) is 44.1 Å². The lowest BCUT2D eigenvalue weighted by Gasteiger charge is -2.33. The summed E-state index contributed by atoms with van der Waals surface area (Å²) < 4.78 is 5.39. The summed E-state index contributed by atoms with van der Waals surface area (Å²) in [7, 11) is 0. The van der Waals surface area contributed by atoms with E-state index >= 15 is 0 Å². The van der Waals surface area contributed by atoms with E-state index in [1.165, 1.54) is 12.7 Å². The largest absolute Gasteiger partial charge is 0.390 e. The highest BCUT2D eigenvalue weighted by Gasteiger charge is 2.40. The number of morpholine rings is 1. The lowest BCUT2D eigenvalue weighted by atomic mass is 9.82. The Kier molecular flexibility index (Phi) is 12.0. The zero-order valence-corrected chi connectivity index (χ0v) is 26.1. The number of hydrogen-bond acceptors (Lipinski definition) is 7. The van der Waals surface area contributed by atoms with Gasteiger partial charge in [-0.25, -0.2) is 4.98 Å². The molecule has 2 aromatic rings. The molecule has 0 radical (unpaired) electrons. The Morgan fingerprint density at radius 2 is 1.69 bits per heavy atom. The summed E-state index contributed by atoms with van der Waals surface area (Å²) in [6, 6.07) is 7.92. The quantitative estimate of drug-likeness (QED) is 0.203. The molecule has 3 amide bonds. The summed E-state index contributed by atoms with van der Waals surface area (Å²) in [5.74, 6) is -1.24. The van der Waals surface area contributed by atoms with Gasteiger partial charge in [-0.2, -0.15) is 0 Å². The fourth-order valence-electron chi connectivity index (χ4n) is 6.72. The monoisotopic (exact) mass is 623 g/mol. The molecule has 3 fully saturated rings. The van der Waals surface area contributed by atoms with Crippen LogP contribution in [0.15, 0.2) is 42.9 Å². The molecule has 5 N–H and O–H groups in total. The zero-order valence-electron chi connectivity index (χ0n) is 26.1. The summed E-state index contributed by atoms with van der Waals surface area (Å²) in [6.07, 6.45) is 9.49. The Bertz CT molecular complexity index is 1210. The second-order valence-electron chi connectivity index (χ2n) is 13.1. The van der Waals surface area contributed by atoms with Crippen LogP contribution in [0.3, 0.4) is 0 Å². The van der Waals surface area contributed by atoms with E-state index in [1.807, 2.05) is 30.3 Å². The third-order valence-electron chi connectivity index (χ3n) is 9.59. The van der Waals surface area contributed by atoms with Crippen LogP contribution >= 0.6 is 0 Å². The molecule has 1 aromatic heterocycles. The Balaban J connectivity index is 1.32. The Hall–Kier alpha value is -3.28. The average molecular weight is 624 g/mol. The van der Waals surface area contributed by atoms with Crippen LogP contribution in [0.25, 0.3) is 0 Å². The fraction of sp³-hybridized carbons (Fsp3) is 0.647. The maximum absolute atomic E-state index is 14.0. The second kappa shape index (κ2) is 16.3. The molecule has 246 valence electrons. The van der Waals surface area contributed by atoms with Crippen molar-refractivity contribution in [2.75, 3.05) is 26.3 Å². The average Bonchev–Trinajstić information content (AvgIpc) is 3.79. The number of aliphatic hydroxyl groups is 2. The lowest BCUT2D eigenvalue weighted by Crippen LogP contribution is -2.56. The van der Waals surface area contributed by atoms with Gasteiger partial charge in [0.05, 0.1) is 43.3 Å². The number of nitrogens with one attached hydrogen (secondary N) is 3. The fourth-order valence-corrected chi connectivity index (χ4v) is 6.72. The number of aromatic amines is 1. The Labute approximate surface area is 265 Å². The van der Waals surface area contributed by atoms with Gasteiger partial charge in [0.25, 0.3) is 0 Å². The topological polar surface area (TPSA) is 157 Å². The molecule has 1 aliphatic heterocycles. The number of H-pyrrole nitrogens is 1. The molecular formula is C34H49N5O6. The van der Waals surface area contributed by atoms with Gasteiger partial charge in [-0.3, -0.25) is 14.4 Å². The first-order valence-electron chi connectivity index (χ1n) is 16.7. The maximum Gasteiger partial charge on any atom is 0.243 e. The SMILES string of the molecule is O=C(N[C@@H](Cc1c[nH]cn1)C(=O)N[C@@H](CC1CCCCC1)[C@@H](O)[C@@H](O)C1CC1)[C@H](CC(=O)N1CCOCC1)Cc1ccccc1. The van der Waals surface area contributed by atoms with Crippen molar-refractivity contribution in [1.29, 1.82) is 0 Å². The molecule has 2 saturated carbocycles. The number of imidazole rings is 1. The van der Waals surface area contributed by atoms with Crippen LogP contribution in [0.2, 0.25) is 0 Å². The van der Waals surface area contributed by atoms with E-state index in [9.17, 15) is 24.6 Å². The molecule has 1 aromatic carbocycles. The minimum absolute atomic E-state index is 0.00801. The summed E-state index contributed by atoms with van der Waals surface area (Å²) >= 11 is 0. The molecule has 11 nitrogen and oxygen atoms in total. The third kappa shape index (κ3) is 9.85. The van der Waals surface area contributed by atoms with Gasteiger partial charge < -0.3 is 35.5 Å². The molecule has 5 rings (SSSR count). The van der Waals surface area contributed by atoms with Crippen LogP contribution in [0, 0.1) is 17.8 Å². The van der Waals surface area contributed by atoms with Crippen molar-refractivity contribution in [3.63, 3.8) is 0 Å². The molecule has 5 atom stereocenters. The van der Waals surface area contributed by atoms with E-state index in [4.69, 9.17) is 4.74 Å². The van der Waals surface area contributed by atoms with Gasteiger partial charge in [0.2, 0.25) is 17.7 Å². The van der Waals surface area contributed by atoms with Gasteiger partial charge in [0.15, 0.2) is 0 Å². The van der Waals surface area contributed by atoms with Gasteiger partial charge in [-0.05, 0) is 43.1 Å². The predicted molar refractivity (Wildman–Crippen MR) is 168 cm³/mol. The van der Waals surface area contributed by atoms with Crippen LogP contribution in [0.1, 0.15) is 69.0 Å². The van der Waals surface area contributed by atoms with Crippen molar-refractivity contribution in [3.05, 3.63) is 54.1 Å². The number of aliphatic hydroxyl groups excluding tert-OH is 2. The van der Waals surface area contributed by atoms with E-state index in [0.29, 0.717) is 50.8 Å². The van der Waals surface area contributed by atoms with Gasteiger partial charge >= 0.3 is 0 Å². The lowest BCUT2D eigenvalue weighted by molar-refractivity contribution is -0.140. The first-order valence-corrected chi connectivity index (χ1v) is 16.7. The number of hydrogen-bond donors (Lipinski definition) is 5. The first-order chi connectivity index (χ1) is 21.9. The van der Waals surface area contributed by atoms with Crippen molar-refractivity contribution in [3.8, 4) is 0 Å². The Morgan fingerprint density at radius 1 is 0.956 bits per heavy atom. The highest BCUT2D eigenvalue weighted by molar-refractivity contribution is 5.91. The smallest absolute Gasteiger partial charge is 0.243 e. The second-order valence-corrected chi connectivity index (χ2v) is 13.1. The molecule has 45 heavy (non-hydrogen) atoms. The normalized spacial score (nSPS) is 20.9. The van der Waals surface area contributed by atoms with Crippen LogP contribution in [-0.2, 0) is 32.0 Å². The van der Waals surface area contributed by atoms with E-state index in [1.54, 1.807) is 11.1 Å². The van der Waals surface area contributed by atoms with Crippen LogP contribution < -0.4 is 10.6 Å². The molecule has 0 spiro atoms. The van der Waals surface area contributed by atoms with Gasteiger partial charge in [0, 0.05) is 32.1 Å². The van der Waals surface area contributed by atoms with Gasteiger partial charge in [-0.1, -0.05) is 62.4 Å². The third-order valence-corrected chi connectivity index (χ3v) is 9.59. The highest BCUT2D eigenvalue weighted by Crippen LogP contribution is 2.36. The molecule has 2 aliphatic carbocycles. The standard InChI is InChI=1S/C34H49N5O6/c40-30(39-13-15-45-16-14-39)19-26(17-23-7-3-1-4-8-23)33(43)38-29(20-27-21-35-22-36-27)34(44)37-28(18-24-9-5-2-6-10-24)32(42)31(41)25-11-12-25/h1,3-4,7-8,21-22,24-26,28-29,31-32,41-42H,2,5-6,9-20H2,(H,35,36)(H,37,44)(H,38,43)/t26-,28-,29-,31-,32+/m0/s1. The number of benzene rings is 1. The number of amides is 3. The number of nitrogens with zero attached hydrogens (tertiary/aromatic N) is 2. The summed E-state index contributed by atoms with van der Waals surface area (Å²) in [5.41, 5.74) is 1.52. The number of rotatable bonds is 15. The Morgan fingerprint density at radius 3 is 2.36 bits per heavy atom. The minimum atomic E-state index is -1.10. The van der Waals surface area contributed by atoms with E-state index in [-0.39, 0.29) is 24.7 Å². The van der Waals surface area contributed by atoms with Crippen LogP contribution in [0.5, 0.6) is 0 Å². The van der Waals surface area contributed by atoms with Crippen LogP contribution in [-0.4, -0.2) is 93.4 Å². The highest BCUT2D eigenvalue weighted by atomic mass is 16.5. The molecule has 0 bridgehead atoms. The summed E-state index contributed by atoms with van der Waals surface area (Å²) in [5, 5.41) is 28.1. The van der Waals surface area contributed by atoms with Crippen molar-refractivity contribution in [1.82, 2.24) is 25.5 Å². The van der Waals surface area contributed by atoms with Crippen molar-refractivity contribution >= 4 is 17.7 Å².